The fourth-order valence-corrected chi connectivity index (χ4v) is 3.31. The Bertz CT molecular complexity index is 969. The number of aromatic nitrogens is 1. The first-order valence-corrected chi connectivity index (χ1v) is 9.48. The van der Waals surface area contributed by atoms with Crippen LogP contribution in [-0.2, 0) is 19.4 Å². The zero-order chi connectivity index (χ0) is 19.9. The normalized spacial score (nSPS) is 11.2. The van der Waals surface area contributed by atoms with E-state index < -0.39 is 0 Å². The van der Waals surface area contributed by atoms with E-state index in [1.54, 1.807) is 14.2 Å². The number of nitrogens with two attached hydrogens (primary N) is 1. The molecule has 0 fully saturated rings. The zero-order valence-corrected chi connectivity index (χ0v) is 19.4. The molecular weight excluding hydrogens is 479 g/mol. The monoisotopic (exact) mass is 508 g/mol. The van der Waals surface area contributed by atoms with Crippen molar-refractivity contribution < 1.29 is 9.47 Å². The van der Waals surface area contributed by atoms with Gasteiger partial charge in [-0.3, -0.25) is 0 Å². The van der Waals surface area contributed by atoms with E-state index in [4.69, 9.17) is 15.2 Å². The van der Waals surface area contributed by atoms with Gasteiger partial charge in [0.05, 0.1) is 20.8 Å². The van der Waals surface area contributed by atoms with E-state index in [9.17, 15) is 0 Å². The molecule has 3 rings (SSSR count). The number of aryl methyl sites for hydroxylation is 1. The van der Waals surface area contributed by atoms with Gasteiger partial charge in [0, 0.05) is 23.6 Å². The van der Waals surface area contributed by atoms with Crippen LogP contribution < -0.4 is 20.5 Å². The molecular formula is C22H29IN4O2. The van der Waals surface area contributed by atoms with E-state index in [1.165, 1.54) is 22.0 Å². The van der Waals surface area contributed by atoms with Gasteiger partial charge in [-0.05, 0) is 41.7 Å². The largest absolute Gasteiger partial charge is 0.493 e. The molecule has 0 unspecified atom stereocenters. The fourth-order valence-electron chi connectivity index (χ4n) is 3.31. The molecule has 0 aliphatic heterocycles. The molecule has 1 heterocycles. The van der Waals surface area contributed by atoms with Crippen molar-refractivity contribution in [1.29, 1.82) is 0 Å². The Hall–Kier alpha value is -2.42. The van der Waals surface area contributed by atoms with Gasteiger partial charge in [0.15, 0.2) is 17.5 Å². The Morgan fingerprint density at radius 1 is 1.10 bits per heavy atom. The third-order valence-corrected chi connectivity index (χ3v) is 4.85. The first-order chi connectivity index (χ1) is 13.7. The molecule has 0 saturated carbocycles. The van der Waals surface area contributed by atoms with Crippen LogP contribution in [0.25, 0.3) is 10.9 Å². The number of nitrogens with one attached hydrogen (secondary N) is 2. The molecule has 6 nitrogen and oxygen atoms in total. The quantitative estimate of drug-likeness (QED) is 0.244. The van der Waals surface area contributed by atoms with Crippen LogP contribution >= 0.6 is 24.0 Å². The number of benzene rings is 2. The predicted molar refractivity (Wildman–Crippen MR) is 130 cm³/mol. The summed E-state index contributed by atoms with van der Waals surface area (Å²) in [6.07, 6.45) is 3.98. The van der Waals surface area contributed by atoms with Crippen molar-refractivity contribution in [3.63, 3.8) is 0 Å². The minimum Gasteiger partial charge on any atom is -0.493 e. The SMILES string of the molecule is CCc1cccc2c(CCNC(N)=NCc3ccc(OC)c(OC)c3)c[nH]c12.I. The molecule has 0 aliphatic carbocycles. The highest BCUT2D eigenvalue weighted by molar-refractivity contribution is 14.0. The van der Waals surface area contributed by atoms with Crippen LogP contribution in [0, 0.1) is 0 Å². The number of aromatic amines is 1. The van der Waals surface area contributed by atoms with Crippen LogP contribution in [0.4, 0.5) is 0 Å². The van der Waals surface area contributed by atoms with Gasteiger partial charge in [0.25, 0.3) is 0 Å². The number of hydrogen-bond donors (Lipinski definition) is 3. The summed E-state index contributed by atoms with van der Waals surface area (Å²) in [6.45, 7) is 3.38. The molecule has 0 bridgehead atoms. The third-order valence-electron chi connectivity index (χ3n) is 4.85. The summed E-state index contributed by atoms with van der Waals surface area (Å²) in [7, 11) is 3.24. The predicted octanol–water partition coefficient (Wildman–Crippen LogP) is 4.01. The van der Waals surface area contributed by atoms with Crippen LogP contribution in [0.15, 0.2) is 47.6 Å². The Kier molecular flexibility index (Phi) is 8.63. The van der Waals surface area contributed by atoms with Crippen LogP contribution in [0.1, 0.15) is 23.6 Å². The molecule has 0 atom stereocenters. The summed E-state index contributed by atoms with van der Waals surface area (Å²) in [6, 6.07) is 12.2. The summed E-state index contributed by atoms with van der Waals surface area (Å²) in [5.41, 5.74) is 10.9. The van der Waals surface area contributed by atoms with Crippen LogP contribution in [0.3, 0.4) is 0 Å². The maximum atomic E-state index is 6.02. The summed E-state index contributed by atoms with van der Waals surface area (Å²) in [4.78, 5) is 7.81. The standard InChI is InChI=1S/C22H28N4O2.HI/c1-4-16-6-5-7-18-17(14-25-21(16)18)10-11-24-22(23)26-13-15-8-9-19(27-2)20(12-15)28-3;/h5-9,12,14,25H,4,10-11,13H2,1-3H3,(H3,23,24,26);1H. The third kappa shape index (κ3) is 5.56. The second-order valence-electron chi connectivity index (χ2n) is 6.57. The second-order valence-corrected chi connectivity index (χ2v) is 6.57. The summed E-state index contributed by atoms with van der Waals surface area (Å²) in [5.74, 6) is 1.82. The number of aliphatic imine (C=N–C) groups is 1. The lowest BCUT2D eigenvalue weighted by molar-refractivity contribution is 0.354. The first kappa shape index (κ1) is 22.9. The second kappa shape index (κ2) is 10.9. The number of hydrogen-bond acceptors (Lipinski definition) is 3. The Morgan fingerprint density at radius 3 is 2.62 bits per heavy atom. The molecule has 1 aromatic heterocycles. The topological polar surface area (TPSA) is 84.7 Å². The molecule has 0 aliphatic rings. The van der Waals surface area contributed by atoms with Crippen molar-refractivity contribution in [2.45, 2.75) is 26.3 Å². The Morgan fingerprint density at radius 2 is 1.90 bits per heavy atom. The number of guanidine groups is 1. The van der Waals surface area contributed by atoms with Crippen molar-refractivity contribution in [3.05, 3.63) is 59.3 Å². The van der Waals surface area contributed by atoms with Crippen molar-refractivity contribution in [2.75, 3.05) is 20.8 Å². The maximum absolute atomic E-state index is 6.02. The average Bonchev–Trinajstić information content (AvgIpc) is 3.15. The lowest BCUT2D eigenvalue weighted by atomic mass is 10.1. The van der Waals surface area contributed by atoms with E-state index >= 15 is 0 Å². The fraction of sp³-hybridized carbons (Fsp3) is 0.318. The van der Waals surface area contributed by atoms with Gasteiger partial charge in [-0.25, -0.2) is 4.99 Å². The molecule has 156 valence electrons. The van der Waals surface area contributed by atoms with Crippen LogP contribution in [-0.4, -0.2) is 31.7 Å². The highest BCUT2D eigenvalue weighted by atomic mass is 127. The molecule has 4 N–H and O–H groups in total. The lowest BCUT2D eigenvalue weighted by Gasteiger charge is -2.09. The number of para-hydroxylation sites is 1. The maximum Gasteiger partial charge on any atom is 0.188 e. The molecule has 2 aromatic carbocycles. The van der Waals surface area contributed by atoms with Crippen molar-refractivity contribution in [2.24, 2.45) is 10.7 Å². The molecule has 0 radical (unpaired) electrons. The van der Waals surface area contributed by atoms with Crippen molar-refractivity contribution in [1.82, 2.24) is 10.3 Å². The highest BCUT2D eigenvalue weighted by Crippen LogP contribution is 2.27. The van der Waals surface area contributed by atoms with Gasteiger partial charge in [-0.15, -0.1) is 24.0 Å². The first-order valence-electron chi connectivity index (χ1n) is 9.48. The highest BCUT2D eigenvalue weighted by Gasteiger charge is 2.07. The number of halogens is 1. The van der Waals surface area contributed by atoms with E-state index in [2.05, 4.69) is 46.6 Å². The summed E-state index contributed by atoms with van der Waals surface area (Å²) >= 11 is 0. The average molecular weight is 508 g/mol. The smallest absolute Gasteiger partial charge is 0.188 e. The molecule has 3 aromatic rings. The van der Waals surface area contributed by atoms with Gasteiger partial charge in [0.2, 0.25) is 0 Å². The van der Waals surface area contributed by atoms with Gasteiger partial charge in [0.1, 0.15) is 0 Å². The van der Waals surface area contributed by atoms with Gasteiger partial charge in [-0.1, -0.05) is 31.2 Å². The number of H-pyrrole nitrogens is 1. The molecule has 0 spiro atoms. The van der Waals surface area contributed by atoms with Crippen LogP contribution in [0.2, 0.25) is 0 Å². The molecule has 0 amide bonds. The molecule has 0 saturated heterocycles. The van der Waals surface area contributed by atoms with Crippen molar-refractivity contribution >= 4 is 40.8 Å². The van der Waals surface area contributed by atoms with Gasteiger partial charge < -0.3 is 25.5 Å². The lowest BCUT2D eigenvalue weighted by Crippen LogP contribution is -2.33. The Labute approximate surface area is 188 Å². The van der Waals surface area contributed by atoms with Gasteiger partial charge in [-0.2, -0.15) is 0 Å². The minimum absolute atomic E-state index is 0. The summed E-state index contributed by atoms with van der Waals surface area (Å²) < 4.78 is 10.6. The van der Waals surface area contributed by atoms with Crippen molar-refractivity contribution in [3.8, 4) is 11.5 Å². The number of ether oxygens (including phenoxy) is 2. The Balaban J connectivity index is 0.00000300. The van der Waals surface area contributed by atoms with E-state index in [0.717, 1.165) is 24.9 Å². The number of nitrogens with zero attached hydrogens (tertiary/aromatic N) is 1. The number of methoxy groups -OCH3 is 2. The minimum atomic E-state index is 0. The van der Waals surface area contributed by atoms with Crippen LogP contribution in [0.5, 0.6) is 11.5 Å². The molecule has 7 heteroatoms. The van der Waals surface area contributed by atoms with E-state index in [0.29, 0.717) is 24.0 Å². The molecule has 29 heavy (non-hydrogen) atoms. The van der Waals surface area contributed by atoms with Gasteiger partial charge >= 0.3 is 0 Å². The van der Waals surface area contributed by atoms with E-state index in [1.807, 2.05) is 18.2 Å². The van der Waals surface area contributed by atoms with E-state index in [-0.39, 0.29) is 24.0 Å². The summed E-state index contributed by atoms with van der Waals surface area (Å²) in [5, 5.41) is 4.47. The number of fused-ring (bicyclic) bond motifs is 1. The number of rotatable bonds is 8. The zero-order valence-electron chi connectivity index (χ0n) is 17.1.